The Balaban J connectivity index is 3.29. The van der Waals surface area contributed by atoms with Crippen LogP contribution in [0.4, 0.5) is 10.1 Å². The molecule has 0 fully saturated rings. The monoisotopic (exact) mass is 340 g/mol. The molecule has 1 rings (SSSR count). The fourth-order valence-electron chi connectivity index (χ4n) is 1.80. The quantitative estimate of drug-likeness (QED) is 0.809. The number of nitrogens with two attached hydrogens (primary N) is 1. The largest absolute Gasteiger partial charge is 0.399 e. The molecule has 114 valence electrons. The summed E-state index contributed by atoms with van der Waals surface area (Å²) in [5, 5.41) is -0.296. The van der Waals surface area contributed by atoms with Crippen LogP contribution in [0.1, 0.15) is 13.3 Å². The second-order valence-corrected chi connectivity index (χ2v) is 7.64. The molecule has 0 amide bonds. The summed E-state index contributed by atoms with van der Waals surface area (Å²) in [5.41, 5.74) is 5.67. The Morgan fingerprint density at radius 2 is 2.10 bits per heavy atom. The van der Waals surface area contributed by atoms with Crippen molar-refractivity contribution in [1.82, 2.24) is 4.31 Å². The molecule has 1 atom stereocenters. The second-order valence-electron chi connectivity index (χ2n) is 4.35. The predicted octanol–water partition coefficient (Wildman–Crippen LogP) is 2.82. The van der Waals surface area contributed by atoms with Gasteiger partial charge in [-0.2, -0.15) is 16.1 Å². The van der Waals surface area contributed by atoms with Gasteiger partial charge >= 0.3 is 0 Å². The summed E-state index contributed by atoms with van der Waals surface area (Å²) in [7, 11) is -2.53. The summed E-state index contributed by atoms with van der Waals surface area (Å²) in [6.07, 6.45) is 2.52. The van der Waals surface area contributed by atoms with Crippen LogP contribution in [0.25, 0.3) is 0 Å². The van der Waals surface area contributed by atoms with Crippen LogP contribution in [-0.2, 0) is 10.0 Å². The Morgan fingerprint density at radius 1 is 1.50 bits per heavy atom. The molecule has 0 saturated carbocycles. The van der Waals surface area contributed by atoms with E-state index >= 15 is 0 Å². The molecule has 0 bridgehead atoms. The fraction of sp³-hybridized carbons (Fsp3) is 0.500. The summed E-state index contributed by atoms with van der Waals surface area (Å²) in [6, 6.07) is 2.07. The molecule has 0 aliphatic carbocycles. The minimum atomic E-state index is -3.97. The predicted molar refractivity (Wildman–Crippen MR) is 83.2 cm³/mol. The number of nitrogen functional groups attached to an aromatic ring is 1. The van der Waals surface area contributed by atoms with Crippen LogP contribution >= 0.6 is 23.4 Å². The molecule has 0 saturated heterocycles. The minimum Gasteiger partial charge on any atom is -0.399 e. The molecule has 1 unspecified atom stereocenters. The van der Waals surface area contributed by atoms with E-state index in [0.29, 0.717) is 12.2 Å². The lowest BCUT2D eigenvalue weighted by molar-refractivity contribution is 0.383. The van der Waals surface area contributed by atoms with E-state index in [1.807, 2.05) is 13.2 Å². The van der Waals surface area contributed by atoms with Crippen molar-refractivity contribution in [3.63, 3.8) is 0 Å². The lowest BCUT2D eigenvalue weighted by Crippen LogP contribution is -2.38. The van der Waals surface area contributed by atoms with E-state index in [2.05, 4.69) is 0 Å². The Bertz CT molecular complexity index is 581. The van der Waals surface area contributed by atoms with Crippen molar-refractivity contribution in [3.05, 3.63) is 23.0 Å². The number of thioether (sulfide) groups is 1. The SMILES string of the molecule is CCC(CSC)N(C)S(=O)(=O)c1cc(N)cc(Cl)c1F. The third-order valence-electron chi connectivity index (χ3n) is 3.02. The van der Waals surface area contributed by atoms with Gasteiger partial charge in [0.1, 0.15) is 4.90 Å². The highest BCUT2D eigenvalue weighted by molar-refractivity contribution is 7.98. The number of nitrogens with zero attached hydrogens (tertiary/aromatic N) is 1. The molecule has 0 spiro atoms. The van der Waals surface area contributed by atoms with Crippen molar-refractivity contribution in [2.75, 3.05) is 24.8 Å². The number of benzene rings is 1. The minimum absolute atomic E-state index is 0.112. The summed E-state index contributed by atoms with van der Waals surface area (Å²) in [5.74, 6) is -0.337. The number of rotatable bonds is 6. The number of sulfonamides is 1. The molecule has 2 N–H and O–H groups in total. The van der Waals surface area contributed by atoms with Crippen molar-refractivity contribution in [1.29, 1.82) is 0 Å². The van der Waals surface area contributed by atoms with Gasteiger partial charge in [-0.1, -0.05) is 18.5 Å². The first kappa shape index (κ1) is 17.6. The highest BCUT2D eigenvalue weighted by Crippen LogP contribution is 2.29. The first-order valence-corrected chi connectivity index (χ1v) is 9.18. The average Bonchev–Trinajstić information content (AvgIpc) is 2.39. The summed E-state index contributed by atoms with van der Waals surface area (Å²) < 4.78 is 40.2. The summed E-state index contributed by atoms with van der Waals surface area (Å²) in [4.78, 5) is -0.482. The van der Waals surface area contributed by atoms with Crippen LogP contribution in [0.15, 0.2) is 17.0 Å². The highest BCUT2D eigenvalue weighted by atomic mass is 35.5. The lowest BCUT2D eigenvalue weighted by atomic mass is 10.3. The van der Waals surface area contributed by atoms with Gasteiger partial charge in [-0.25, -0.2) is 12.8 Å². The van der Waals surface area contributed by atoms with Gasteiger partial charge in [0.2, 0.25) is 10.0 Å². The molecule has 1 aromatic rings. The van der Waals surface area contributed by atoms with Gasteiger partial charge in [0.15, 0.2) is 5.82 Å². The number of anilines is 1. The van der Waals surface area contributed by atoms with Crippen LogP contribution in [-0.4, -0.2) is 37.8 Å². The van der Waals surface area contributed by atoms with Crippen LogP contribution < -0.4 is 5.73 Å². The maximum absolute atomic E-state index is 14.0. The summed E-state index contributed by atoms with van der Waals surface area (Å²) in [6.45, 7) is 1.88. The smallest absolute Gasteiger partial charge is 0.246 e. The lowest BCUT2D eigenvalue weighted by Gasteiger charge is -2.26. The summed E-state index contributed by atoms with van der Waals surface area (Å²) >= 11 is 7.20. The number of hydrogen-bond acceptors (Lipinski definition) is 4. The second kappa shape index (κ2) is 6.98. The molecular weight excluding hydrogens is 323 g/mol. The average molecular weight is 341 g/mol. The zero-order valence-corrected chi connectivity index (χ0v) is 13.9. The van der Waals surface area contributed by atoms with Crippen molar-refractivity contribution in [2.45, 2.75) is 24.3 Å². The Labute approximate surface area is 128 Å². The standard InChI is InChI=1S/C12H18ClFN2O2S2/c1-4-9(7-19-3)16(2)20(17,18)11-6-8(15)5-10(13)12(11)14/h5-6,9H,4,7,15H2,1-3H3. The maximum atomic E-state index is 14.0. The van der Waals surface area contributed by atoms with Crippen molar-refractivity contribution in [2.24, 2.45) is 0 Å². The van der Waals surface area contributed by atoms with E-state index in [4.69, 9.17) is 17.3 Å². The van der Waals surface area contributed by atoms with E-state index in [9.17, 15) is 12.8 Å². The van der Waals surface area contributed by atoms with Crippen molar-refractivity contribution < 1.29 is 12.8 Å². The number of halogens is 2. The van der Waals surface area contributed by atoms with Gasteiger partial charge < -0.3 is 5.73 Å². The molecule has 0 heterocycles. The highest BCUT2D eigenvalue weighted by Gasteiger charge is 2.30. The normalized spacial score (nSPS) is 13.7. The fourth-order valence-corrected chi connectivity index (χ4v) is 4.57. The first-order valence-electron chi connectivity index (χ1n) is 5.97. The Kier molecular flexibility index (Phi) is 6.12. The van der Waals surface area contributed by atoms with Crippen molar-refractivity contribution in [3.8, 4) is 0 Å². The molecule has 1 aromatic carbocycles. The molecule has 0 aromatic heterocycles. The van der Waals surface area contributed by atoms with Crippen LogP contribution in [0, 0.1) is 5.82 Å². The first-order chi connectivity index (χ1) is 9.25. The molecule has 20 heavy (non-hydrogen) atoms. The Hall–Kier alpha value is -0.500. The van der Waals surface area contributed by atoms with Gasteiger partial charge in [-0.05, 0) is 24.8 Å². The zero-order valence-electron chi connectivity index (χ0n) is 11.6. The molecule has 0 radical (unpaired) electrons. The molecule has 4 nitrogen and oxygen atoms in total. The van der Waals surface area contributed by atoms with Crippen LogP contribution in [0.5, 0.6) is 0 Å². The van der Waals surface area contributed by atoms with E-state index in [1.54, 1.807) is 0 Å². The van der Waals surface area contributed by atoms with E-state index in [0.717, 1.165) is 6.07 Å². The van der Waals surface area contributed by atoms with Crippen LogP contribution in [0.3, 0.4) is 0 Å². The van der Waals surface area contributed by atoms with Gasteiger partial charge in [-0.15, -0.1) is 0 Å². The zero-order chi connectivity index (χ0) is 15.5. The van der Waals surface area contributed by atoms with E-state index in [-0.39, 0.29) is 16.8 Å². The molecule has 0 aliphatic heterocycles. The third-order valence-corrected chi connectivity index (χ3v) is 5.92. The molecule has 0 aliphatic rings. The third kappa shape index (κ3) is 3.58. The van der Waals surface area contributed by atoms with Gasteiger partial charge in [0.05, 0.1) is 5.02 Å². The Morgan fingerprint density at radius 3 is 2.60 bits per heavy atom. The van der Waals surface area contributed by atoms with Gasteiger partial charge in [0.25, 0.3) is 0 Å². The van der Waals surface area contributed by atoms with Crippen LogP contribution in [0.2, 0.25) is 5.02 Å². The van der Waals surface area contributed by atoms with E-state index < -0.39 is 20.7 Å². The van der Waals surface area contributed by atoms with E-state index in [1.165, 1.54) is 29.2 Å². The van der Waals surface area contributed by atoms with Gasteiger partial charge in [0, 0.05) is 24.5 Å². The maximum Gasteiger partial charge on any atom is 0.246 e. The van der Waals surface area contributed by atoms with Crippen molar-refractivity contribution >= 4 is 39.1 Å². The number of hydrogen-bond donors (Lipinski definition) is 1. The molecule has 8 heteroatoms. The molecular formula is C12H18ClFN2O2S2. The van der Waals surface area contributed by atoms with Gasteiger partial charge in [-0.3, -0.25) is 0 Å². The topological polar surface area (TPSA) is 63.4 Å².